The van der Waals surface area contributed by atoms with E-state index >= 15 is 0 Å². The molecule has 3 nitrogen and oxygen atoms in total. The van der Waals surface area contributed by atoms with Gasteiger partial charge in [0, 0.05) is 20.6 Å². The van der Waals surface area contributed by atoms with Crippen LogP contribution >= 0.6 is 0 Å². The van der Waals surface area contributed by atoms with Crippen molar-refractivity contribution in [1.29, 1.82) is 0 Å². The second-order valence-electron chi connectivity index (χ2n) is 4.20. The number of hydrogen-bond acceptors (Lipinski definition) is 3. The highest BCUT2D eigenvalue weighted by Crippen LogP contribution is 2.44. The number of ether oxygens (including phenoxy) is 2. The average Bonchev–Trinajstić information content (AvgIpc) is 2.68. The van der Waals surface area contributed by atoms with Gasteiger partial charge in [0.1, 0.15) is 6.10 Å². The zero-order valence-electron chi connectivity index (χ0n) is 8.77. The minimum absolute atomic E-state index is 0.281. The number of aliphatic hydroxyl groups is 1. The lowest BCUT2D eigenvalue weighted by molar-refractivity contribution is -0.288. The van der Waals surface area contributed by atoms with E-state index in [1.54, 1.807) is 14.2 Å². The molecule has 0 spiro atoms. The van der Waals surface area contributed by atoms with Crippen molar-refractivity contribution in [3.05, 3.63) is 12.2 Å². The second-order valence-corrected chi connectivity index (χ2v) is 4.20. The highest BCUT2D eigenvalue weighted by molar-refractivity contribution is 5.08. The van der Waals surface area contributed by atoms with Gasteiger partial charge in [0.05, 0.1) is 0 Å². The number of aliphatic hydroxyl groups excluding tert-OH is 1. The first-order valence-electron chi connectivity index (χ1n) is 5.18. The molecule has 0 heterocycles. The molecule has 3 heteroatoms. The van der Waals surface area contributed by atoms with Gasteiger partial charge in [-0.25, -0.2) is 0 Å². The summed E-state index contributed by atoms with van der Waals surface area (Å²) in [7, 11) is 3.21. The first-order valence-corrected chi connectivity index (χ1v) is 5.18. The molecule has 2 aliphatic carbocycles. The Bertz CT molecular complexity index is 233. The molecular weight excluding hydrogens is 180 g/mol. The van der Waals surface area contributed by atoms with E-state index in [-0.39, 0.29) is 5.92 Å². The molecule has 3 atom stereocenters. The smallest absolute Gasteiger partial charge is 0.194 e. The molecule has 1 saturated carbocycles. The molecule has 0 saturated heterocycles. The van der Waals surface area contributed by atoms with Crippen molar-refractivity contribution in [1.82, 2.24) is 0 Å². The Morgan fingerprint density at radius 2 is 2.07 bits per heavy atom. The van der Waals surface area contributed by atoms with Crippen LogP contribution in [0.1, 0.15) is 19.3 Å². The monoisotopic (exact) mass is 198 g/mol. The van der Waals surface area contributed by atoms with Crippen LogP contribution in [0.25, 0.3) is 0 Å². The number of methoxy groups -OCH3 is 2. The van der Waals surface area contributed by atoms with E-state index in [9.17, 15) is 5.11 Å². The minimum atomic E-state index is -0.771. The first-order chi connectivity index (χ1) is 6.73. The summed E-state index contributed by atoms with van der Waals surface area (Å²) in [5.41, 5.74) is 0. The molecule has 80 valence electrons. The summed E-state index contributed by atoms with van der Waals surface area (Å²) < 4.78 is 10.7. The van der Waals surface area contributed by atoms with Crippen molar-refractivity contribution >= 4 is 0 Å². The molecule has 0 aliphatic heterocycles. The maximum atomic E-state index is 10.2. The van der Waals surface area contributed by atoms with Gasteiger partial charge >= 0.3 is 0 Å². The van der Waals surface area contributed by atoms with Gasteiger partial charge in [-0.3, -0.25) is 0 Å². The molecule has 0 aromatic heterocycles. The van der Waals surface area contributed by atoms with Gasteiger partial charge < -0.3 is 14.6 Å². The predicted molar refractivity (Wildman–Crippen MR) is 52.7 cm³/mol. The maximum Gasteiger partial charge on any atom is 0.194 e. The summed E-state index contributed by atoms with van der Waals surface area (Å²) in [6, 6.07) is 0. The van der Waals surface area contributed by atoms with Crippen molar-refractivity contribution < 1.29 is 14.6 Å². The van der Waals surface area contributed by atoms with E-state index in [0.717, 1.165) is 19.3 Å². The van der Waals surface area contributed by atoms with Gasteiger partial charge in [-0.15, -0.1) is 0 Å². The third kappa shape index (κ3) is 1.31. The van der Waals surface area contributed by atoms with Crippen LogP contribution in [0.3, 0.4) is 0 Å². The number of hydrogen-bond donors (Lipinski definition) is 1. The third-order valence-electron chi connectivity index (χ3n) is 3.71. The normalized spacial score (nSPS) is 39.8. The maximum absolute atomic E-state index is 10.2. The molecule has 0 aromatic carbocycles. The molecule has 0 radical (unpaired) electrons. The van der Waals surface area contributed by atoms with Crippen molar-refractivity contribution in [2.45, 2.75) is 31.2 Å². The van der Waals surface area contributed by atoms with Gasteiger partial charge in [-0.2, -0.15) is 0 Å². The van der Waals surface area contributed by atoms with E-state index in [1.165, 1.54) is 0 Å². The molecule has 2 aliphatic rings. The molecule has 0 amide bonds. The van der Waals surface area contributed by atoms with Crippen LogP contribution in [0.4, 0.5) is 0 Å². The lowest BCUT2D eigenvalue weighted by Crippen LogP contribution is -2.54. The van der Waals surface area contributed by atoms with Crippen molar-refractivity contribution in [2.75, 3.05) is 14.2 Å². The summed E-state index contributed by atoms with van der Waals surface area (Å²) in [5.74, 6) is 0.0276. The summed E-state index contributed by atoms with van der Waals surface area (Å²) in [6.45, 7) is 0. The molecule has 1 fully saturated rings. The highest BCUT2D eigenvalue weighted by atomic mass is 16.7. The molecule has 0 unspecified atom stereocenters. The van der Waals surface area contributed by atoms with Gasteiger partial charge in [0.15, 0.2) is 5.79 Å². The van der Waals surface area contributed by atoms with Gasteiger partial charge in [0.2, 0.25) is 0 Å². The van der Waals surface area contributed by atoms with Crippen LogP contribution in [-0.2, 0) is 9.47 Å². The van der Waals surface area contributed by atoms with Gasteiger partial charge in [-0.1, -0.05) is 12.2 Å². The van der Waals surface area contributed by atoms with Crippen LogP contribution in [0.5, 0.6) is 0 Å². The van der Waals surface area contributed by atoms with E-state index < -0.39 is 11.9 Å². The summed E-state index contributed by atoms with van der Waals surface area (Å²) >= 11 is 0. The standard InChI is InChI=1S/C11H18O3/c1-13-11(14-2)7-6-8-4-3-5-9(8)10(11)12/h3-4,8-10,12H,5-7H2,1-2H3/t8-,9-,10-/m0/s1. The number of allylic oxidation sites excluding steroid dienone is 2. The Hall–Kier alpha value is -0.380. The third-order valence-corrected chi connectivity index (χ3v) is 3.71. The lowest BCUT2D eigenvalue weighted by Gasteiger charge is -2.44. The van der Waals surface area contributed by atoms with Crippen LogP contribution in [-0.4, -0.2) is 31.2 Å². The Labute approximate surface area is 84.7 Å². The summed E-state index contributed by atoms with van der Waals surface area (Å²) in [6.07, 6.45) is 6.61. The minimum Gasteiger partial charge on any atom is -0.387 e. The fourth-order valence-corrected chi connectivity index (χ4v) is 2.77. The van der Waals surface area contributed by atoms with Gasteiger partial charge in [0.25, 0.3) is 0 Å². The second kappa shape index (κ2) is 3.65. The molecule has 1 N–H and O–H groups in total. The van der Waals surface area contributed by atoms with Crippen LogP contribution in [0, 0.1) is 11.8 Å². The fourth-order valence-electron chi connectivity index (χ4n) is 2.77. The SMILES string of the molecule is COC1(OC)CC[C@@H]2C=CC[C@@H]2[C@@H]1O. The number of rotatable bonds is 2. The Balaban J connectivity index is 2.17. The zero-order chi connectivity index (χ0) is 10.2. The summed E-state index contributed by atoms with van der Waals surface area (Å²) in [5, 5.41) is 10.2. The van der Waals surface area contributed by atoms with Crippen LogP contribution in [0.15, 0.2) is 12.2 Å². The Morgan fingerprint density at radius 1 is 1.36 bits per heavy atom. The first kappa shape index (κ1) is 10.1. The largest absolute Gasteiger partial charge is 0.387 e. The lowest BCUT2D eigenvalue weighted by atomic mass is 9.75. The molecule has 0 aromatic rings. The zero-order valence-corrected chi connectivity index (χ0v) is 8.77. The topological polar surface area (TPSA) is 38.7 Å². The fraction of sp³-hybridized carbons (Fsp3) is 0.818. The van der Waals surface area contributed by atoms with E-state index in [1.807, 2.05) is 0 Å². The molecular formula is C11H18O3. The van der Waals surface area contributed by atoms with Crippen LogP contribution < -0.4 is 0 Å². The molecule has 2 rings (SSSR count). The highest BCUT2D eigenvalue weighted by Gasteiger charge is 2.49. The van der Waals surface area contributed by atoms with E-state index in [2.05, 4.69) is 12.2 Å². The Kier molecular flexibility index (Phi) is 2.64. The van der Waals surface area contributed by atoms with E-state index in [4.69, 9.17) is 9.47 Å². The predicted octanol–water partition coefficient (Wildman–Crippen LogP) is 1.32. The van der Waals surface area contributed by atoms with Crippen molar-refractivity contribution in [2.24, 2.45) is 11.8 Å². The van der Waals surface area contributed by atoms with Crippen molar-refractivity contribution in [3.8, 4) is 0 Å². The average molecular weight is 198 g/mol. The van der Waals surface area contributed by atoms with Crippen molar-refractivity contribution in [3.63, 3.8) is 0 Å². The Morgan fingerprint density at radius 3 is 2.71 bits per heavy atom. The van der Waals surface area contributed by atoms with E-state index in [0.29, 0.717) is 5.92 Å². The van der Waals surface area contributed by atoms with Gasteiger partial charge in [-0.05, 0) is 24.7 Å². The molecule has 14 heavy (non-hydrogen) atoms. The quantitative estimate of drug-likeness (QED) is 0.537. The molecule has 0 bridgehead atoms. The van der Waals surface area contributed by atoms with Crippen LogP contribution in [0.2, 0.25) is 0 Å². The number of fused-ring (bicyclic) bond motifs is 1. The summed E-state index contributed by atoms with van der Waals surface area (Å²) in [4.78, 5) is 0.